The largest absolute Gasteiger partial charge is 0.497 e. The Kier molecular flexibility index (Phi) is 3.55. The summed E-state index contributed by atoms with van der Waals surface area (Å²) in [4.78, 5) is 0. The Morgan fingerprint density at radius 2 is 2.10 bits per heavy atom. The van der Waals surface area contributed by atoms with Crippen LogP contribution in [-0.2, 0) is 12.0 Å². The van der Waals surface area contributed by atoms with E-state index in [9.17, 15) is 9.50 Å². The minimum atomic E-state index is -0.661. The van der Waals surface area contributed by atoms with Crippen LogP contribution in [0, 0.1) is 5.82 Å². The molecule has 1 aliphatic carbocycles. The minimum absolute atomic E-state index is 0.0957. The molecule has 0 saturated heterocycles. The highest BCUT2D eigenvalue weighted by Gasteiger charge is 2.39. The van der Waals surface area contributed by atoms with Gasteiger partial charge in [-0.1, -0.05) is 18.2 Å². The summed E-state index contributed by atoms with van der Waals surface area (Å²) in [6, 6.07) is 12.4. The van der Waals surface area contributed by atoms with Gasteiger partial charge in [0.2, 0.25) is 0 Å². The Labute approximate surface area is 123 Å². The fourth-order valence-corrected chi connectivity index (χ4v) is 2.98. The fourth-order valence-electron chi connectivity index (χ4n) is 2.98. The summed E-state index contributed by atoms with van der Waals surface area (Å²) < 4.78 is 19.2. The van der Waals surface area contributed by atoms with E-state index in [1.165, 1.54) is 6.07 Å². The third kappa shape index (κ3) is 2.36. The fraction of sp³-hybridized carbons (Fsp3) is 0.294. The van der Waals surface area contributed by atoms with Crippen molar-refractivity contribution in [3.05, 3.63) is 59.4 Å². The van der Waals surface area contributed by atoms with Crippen LogP contribution in [0.4, 0.5) is 10.1 Å². The molecule has 0 aromatic heterocycles. The normalized spacial score (nSPS) is 20.1. The van der Waals surface area contributed by atoms with Gasteiger partial charge in [0, 0.05) is 0 Å². The molecule has 2 aromatic carbocycles. The molecule has 0 bridgehead atoms. The number of aliphatic hydroxyl groups excluding tert-OH is 1. The molecule has 0 saturated carbocycles. The Balaban J connectivity index is 2.02. The van der Waals surface area contributed by atoms with Crippen molar-refractivity contribution in [1.82, 2.24) is 0 Å². The molecule has 0 aliphatic heterocycles. The van der Waals surface area contributed by atoms with Crippen molar-refractivity contribution in [3.63, 3.8) is 0 Å². The van der Waals surface area contributed by atoms with Crippen LogP contribution in [0.2, 0.25) is 0 Å². The Morgan fingerprint density at radius 3 is 2.81 bits per heavy atom. The van der Waals surface area contributed by atoms with Crippen LogP contribution in [0.5, 0.6) is 5.75 Å². The lowest BCUT2D eigenvalue weighted by atomic mass is 9.92. The molecule has 0 heterocycles. The van der Waals surface area contributed by atoms with E-state index in [0.29, 0.717) is 5.69 Å². The number of hydrogen-bond donors (Lipinski definition) is 2. The lowest BCUT2D eigenvalue weighted by Gasteiger charge is -2.31. The Hall–Kier alpha value is -2.07. The predicted molar refractivity (Wildman–Crippen MR) is 80.1 cm³/mol. The number of aryl methyl sites for hydroxylation is 1. The number of fused-ring (bicyclic) bond motifs is 1. The molecular weight excluding hydrogens is 269 g/mol. The third-order valence-corrected chi connectivity index (χ3v) is 4.17. The van der Waals surface area contributed by atoms with Crippen molar-refractivity contribution in [2.24, 2.45) is 0 Å². The summed E-state index contributed by atoms with van der Waals surface area (Å²) in [5.41, 5.74) is 1.88. The van der Waals surface area contributed by atoms with Gasteiger partial charge in [0.1, 0.15) is 11.6 Å². The molecular formula is C17H18FNO2. The zero-order chi connectivity index (χ0) is 14.9. The van der Waals surface area contributed by atoms with Gasteiger partial charge in [0.05, 0.1) is 24.9 Å². The Morgan fingerprint density at radius 1 is 1.29 bits per heavy atom. The van der Waals surface area contributed by atoms with Crippen LogP contribution in [-0.4, -0.2) is 18.8 Å². The van der Waals surface area contributed by atoms with E-state index in [2.05, 4.69) is 5.32 Å². The number of hydrogen-bond acceptors (Lipinski definition) is 3. The molecule has 4 heteroatoms. The molecule has 0 fully saturated rings. The maximum atomic E-state index is 13.9. The monoisotopic (exact) mass is 287 g/mol. The van der Waals surface area contributed by atoms with Crippen LogP contribution >= 0.6 is 0 Å². The van der Waals surface area contributed by atoms with Crippen molar-refractivity contribution in [1.29, 1.82) is 0 Å². The maximum Gasteiger partial charge on any atom is 0.146 e. The molecule has 2 aromatic rings. The average Bonchev–Trinajstić information content (AvgIpc) is 2.88. The number of rotatable bonds is 4. The van der Waals surface area contributed by atoms with E-state index >= 15 is 0 Å². The summed E-state index contributed by atoms with van der Waals surface area (Å²) in [5, 5.41) is 13.2. The molecule has 1 unspecified atom stereocenters. The number of ether oxygens (including phenoxy) is 1. The van der Waals surface area contributed by atoms with E-state index in [-0.39, 0.29) is 12.4 Å². The lowest BCUT2D eigenvalue weighted by Crippen LogP contribution is -2.37. The Bertz CT molecular complexity index is 659. The first-order valence-corrected chi connectivity index (χ1v) is 6.99. The standard InChI is InChI=1S/C17H18FNO2/c1-21-13-7-6-12-8-9-17(11-20,14(12)10-13)19-16-5-3-2-4-15(16)18/h2-7,10,19-20H,8-9,11H2,1H3. The van der Waals surface area contributed by atoms with Gasteiger partial charge in [0.25, 0.3) is 0 Å². The van der Waals surface area contributed by atoms with Crippen molar-refractivity contribution < 1.29 is 14.2 Å². The summed E-state index contributed by atoms with van der Waals surface area (Å²) >= 11 is 0. The van der Waals surface area contributed by atoms with E-state index < -0.39 is 5.54 Å². The molecule has 0 amide bonds. The van der Waals surface area contributed by atoms with Gasteiger partial charge in [-0.3, -0.25) is 0 Å². The van der Waals surface area contributed by atoms with E-state index in [1.807, 2.05) is 18.2 Å². The lowest BCUT2D eigenvalue weighted by molar-refractivity contribution is 0.211. The number of aliphatic hydroxyl groups is 1. The topological polar surface area (TPSA) is 41.5 Å². The highest BCUT2D eigenvalue weighted by molar-refractivity contribution is 5.54. The zero-order valence-electron chi connectivity index (χ0n) is 11.9. The second-order valence-corrected chi connectivity index (χ2v) is 5.37. The van der Waals surface area contributed by atoms with Gasteiger partial charge in [0.15, 0.2) is 0 Å². The number of para-hydroxylation sites is 1. The third-order valence-electron chi connectivity index (χ3n) is 4.17. The SMILES string of the molecule is COc1ccc2c(c1)C(CO)(Nc1ccccc1F)CC2. The molecule has 1 aliphatic rings. The average molecular weight is 287 g/mol. The summed E-state index contributed by atoms with van der Waals surface area (Å²) in [5.74, 6) is 0.422. The van der Waals surface area contributed by atoms with Crippen LogP contribution in [0.25, 0.3) is 0 Å². The number of halogens is 1. The first kappa shape index (κ1) is 13.9. The summed E-state index contributed by atoms with van der Waals surface area (Å²) in [6.45, 7) is -0.0957. The van der Waals surface area contributed by atoms with Crippen molar-refractivity contribution in [2.45, 2.75) is 18.4 Å². The maximum absolute atomic E-state index is 13.9. The quantitative estimate of drug-likeness (QED) is 0.908. The number of anilines is 1. The predicted octanol–water partition coefficient (Wildman–Crippen LogP) is 3.08. The molecule has 0 spiro atoms. The summed E-state index contributed by atoms with van der Waals surface area (Å²) in [6.07, 6.45) is 1.57. The van der Waals surface area contributed by atoms with Gasteiger partial charge in [-0.25, -0.2) is 4.39 Å². The van der Waals surface area contributed by atoms with Gasteiger partial charge >= 0.3 is 0 Å². The molecule has 2 N–H and O–H groups in total. The number of methoxy groups -OCH3 is 1. The van der Waals surface area contributed by atoms with E-state index in [1.54, 1.807) is 25.3 Å². The minimum Gasteiger partial charge on any atom is -0.497 e. The second kappa shape index (κ2) is 5.37. The second-order valence-electron chi connectivity index (χ2n) is 5.37. The van der Waals surface area contributed by atoms with E-state index in [0.717, 1.165) is 29.7 Å². The summed E-state index contributed by atoms with van der Waals surface area (Å²) in [7, 11) is 1.61. The molecule has 110 valence electrons. The molecule has 21 heavy (non-hydrogen) atoms. The smallest absolute Gasteiger partial charge is 0.146 e. The number of nitrogens with one attached hydrogen (secondary N) is 1. The van der Waals surface area contributed by atoms with Gasteiger partial charge < -0.3 is 15.2 Å². The zero-order valence-corrected chi connectivity index (χ0v) is 11.9. The van der Waals surface area contributed by atoms with Crippen LogP contribution in [0.1, 0.15) is 17.5 Å². The van der Waals surface area contributed by atoms with Gasteiger partial charge in [-0.05, 0) is 48.2 Å². The highest BCUT2D eigenvalue weighted by atomic mass is 19.1. The van der Waals surface area contributed by atoms with Crippen LogP contribution in [0.3, 0.4) is 0 Å². The molecule has 1 atom stereocenters. The highest BCUT2D eigenvalue weighted by Crippen LogP contribution is 2.41. The van der Waals surface area contributed by atoms with Crippen molar-refractivity contribution in [2.75, 3.05) is 19.0 Å². The molecule has 0 radical (unpaired) electrons. The molecule has 3 rings (SSSR count). The number of benzene rings is 2. The van der Waals surface area contributed by atoms with Crippen molar-refractivity contribution >= 4 is 5.69 Å². The van der Waals surface area contributed by atoms with Crippen LogP contribution in [0.15, 0.2) is 42.5 Å². The van der Waals surface area contributed by atoms with E-state index in [4.69, 9.17) is 4.74 Å². The van der Waals surface area contributed by atoms with Crippen LogP contribution < -0.4 is 10.1 Å². The molecule has 3 nitrogen and oxygen atoms in total. The van der Waals surface area contributed by atoms with Gasteiger partial charge in [-0.15, -0.1) is 0 Å². The van der Waals surface area contributed by atoms with Crippen molar-refractivity contribution in [3.8, 4) is 5.75 Å². The van der Waals surface area contributed by atoms with Gasteiger partial charge in [-0.2, -0.15) is 0 Å². The first-order valence-electron chi connectivity index (χ1n) is 6.99. The first-order chi connectivity index (χ1) is 10.2.